The van der Waals surface area contributed by atoms with Crippen LogP contribution >= 0.6 is 0 Å². The molecular formula is C20H24N5+. The highest BCUT2D eigenvalue weighted by Crippen LogP contribution is 2.29. The van der Waals surface area contributed by atoms with Crippen molar-refractivity contribution in [3.8, 4) is 5.69 Å². The Morgan fingerprint density at radius 2 is 1.60 bits per heavy atom. The lowest BCUT2D eigenvalue weighted by atomic mass is 10.2. The Kier molecular flexibility index (Phi) is 4.51. The van der Waals surface area contributed by atoms with Gasteiger partial charge in [0.15, 0.2) is 0 Å². The average Bonchev–Trinajstić information content (AvgIpc) is 2.88. The molecule has 0 saturated heterocycles. The second-order valence-electron chi connectivity index (χ2n) is 7.00. The van der Waals surface area contributed by atoms with Gasteiger partial charge in [-0.1, -0.05) is 24.3 Å². The molecule has 0 atom stereocenters. The summed E-state index contributed by atoms with van der Waals surface area (Å²) in [7, 11) is 6.40. The molecule has 0 aliphatic heterocycles. The highest BCUT2D eigenvalue weighted by atomic mass is 15.3. The minimum Gasteiger partial charge on any atom is -0.298 e. The topological polar surface area (TPSA) is 42.5 Å². The van der Waals surface area contributed by atoms with Gasteiger partial charge in [-0.2, -0.15) is 10.2 Å². The highest BCUT2D eigenvalue weighted by molar-refractivity contribution is 5.54. The molecule has 0 bridgehead atoms. The third kappa shape index (κ3) is 3.67. The van der Waals surface area contributed by atoms with Crippen molar-refractivity contribution < 1.29 is 0 Å². The fourth-order valence-electron chi connectivity index (χ4n) is 2.68. The molecule has 5 nitrogen and oxygen atoms in total. The van der Waals surface area contributed by atoms with Gasteiger partial charge in [0, 0.05) is 6.07 Å². The minimum atomic E-state index is 0.743. The molecule has 0 radical (unpaired) electrons. The van der Waals surface area contributed by atoms with Gasteiger partial charge in [-0.15, -0.1) is 5.11 Å². The van der Waals surface area contributed by atoms with Crippen LogP contribution in [0.25, 0.3) is 5.69 Å². The van der Waals surface area contributed by atoms with Crippen molar-refractivity contribution in [3.63, 3.8) is 0 Å². The summed E-state index contributed by atoms with van der Waals surface area (Å²) in [4.78, 5) is 0. The molecule has 0 unspecified atom stereocenters. The van der Waals surface area contributed by atoms with Crippen LogP contribution in [0.5, 0.6) is 0 Å². The van der Waals surface area contributed by atoms with Gasteiger partial charge in [0.05, 0.1) is 43.9 Å². The second kappa shape index (κ2) is 6.61. The predicted molar refractivity (Wildman–Crippen MR) is 103 cm³/mol. The highest BCUT2D eigenvalue weighted by Gasteiger charge is 2.14. The van der Waals surface area contributed by atoms with Gasteiger partial charge in [0.2, 0.25) is 0 Å². The Bertz CT molecular complexity index is 902. The lowest BCUT2D eigenvalue weighted by molar-refractivity contribution is 0.486. The zero-order valence-electron chi connectivity index (χ0n) is 15.4. The maximum Gasteiger partial charge on any atom is 0.134 e. The normalized spacial score (nSPS) is 12.0. The number of quaternary nitrogens is 1. The number of para-hydroxylation sites is 1. The van der Waals surface area contributed by atoms with Crippen LogP contribution in [0.2, 0.25) is 0 Å². The van der Waals surface area contributed by atoms with E-state index in [2.05, 4.69) is 48.6 Å². The molecule has 128 valence electrons. The lowest BCUT2D eigenvalue weighted by Crippen LogP contribution is -2.34. The van der Waals surface area contributed by atoms with Gasteiger partial charge in [-0.05, 0) is 38.1 Å². The van der Waals surface area contributed by atoms with E-state index in [1.807, 2.05) is 61.0 Å². The predicted octanol–water partition coefficient (Wildman–Crippen LogP) is 5.10. The monoisotopic (exact) mass is 334 g/mol. The van der Waals surface area contributed by atoms with Crippen molar-refractivity contribution in [1.82, 2.24) is 14.3 Å². The minimum absolute atomic E-state index is 0.743. The molecule has 25 heavy (non-hydrogen) atoms. The smallest absolute Gasteiger partial charge is 0.134 e. The second-order valence-corrected chi connectivity index (χ2v) is 7.00. The molecule has 1 heterocycles. The Morgan fingerprint density at radius 1 is 0.880 bits per heavy atom. The number of nitrogens with zero attached hydrogens (tertiary/aromatic N) is 5. The summed E-state index contributed by atoms with van der Waals surface area (Å²) in [6, 6.07) is 18.2. The maximum absolute atomic E-state index is 4.61. The number of hydrogen-bond donors (Lipinski definition) is 0. The fraction of sp³-hybridized carbons (Fsp3) is 0.250. The van der Waals surface area contributed by atoms with Crippen LogP contribution in [0, 0.1) is 13.8 Å². The van der Waals surface area contributed by atoms with Gasteiger partial charge in [-0.25, -0.2) is 4.68 Å². The number of azo groups is 1. The first-order valence-electron chi connectivity index (χ1n) is 8.32. The summed E-state index contributed by atoms with van der Waals surface area (Å²) in [5.41, 5.74) is 5.72. The van der Waals surface area contributed by atoms with E-state index in [-0.39, 0.29) is 0 Å². The largest absolute Gasteiger partial charge is 0.298 e. The molecule has 2 aromatic carbocycles. The van der Waals surface area contributed by atoms with Crippen LogP contribution in [0.3, 0.4) is 0 Å². The standard InChI is InChI=1S/C20H24N5/c1-15-20(16(2)24(23-15)18-11-7-6-8-12-18)22-21-17-10-9-13-19(14-17)25(3,4)5/h6-14H,1-5H3/q+1. The number of aromatic nitrogens is 2. The number of hydrogen-bond acceptors (Lipinski definition) is 3. The Labute approximate surface area is 148 Å². The molecule has 0 aliphatic carbocycles. The number of rotatable bonds is 4. The summed E-state index contributed by atoms with van der Waals surface area (Å²) < 4.78 is 2.65. The van der Waals surface area contributed by atoms with E-state index >= 15 is 0 Å². The van der Waals surface area contributed by atoms with Crippen molar-refractivity contribution >= 4 is 17.1 Å². The van der Waals surface area contributed by atoms with Crippen molar-refractivity contribution in [1.29, 1.82) is 0 Å². The number of benzene rings is 2. The van der Waals surface area contributed by atoms with E-state index < -0.39 is 0 Å². The quantitative estimate of drug-likeness (QED) is 0.483. The Balaban J connectivity index is 1.94. The van der Waals surface area contributed by atoms with E-state index in [0.29, 0.717) is 0 Å². The summed E-state index contributed by atoms with van der Waals surface area (Å²) in [6.07, 6.45) is 0. The van der Waals surface area contributed by atoms with Crippen LogP contribution in [0.1, 0.15) is 11.4 Å². The third-order valence-corrected chi connectivity index (χ3v) is 4.12. The van der Waals surface area contributed by atoms with Crippen molar-refractivity contribution in [3.05, 3.63) is 66.0 Å². The Morgan fingerprint density at radius 3 is 2.28 bits per heavy atom. The van der Waals surface area contributed by atoms with Gasteiger partial charge in [-0.3, -0.25) is 4.48 Å². The van der Waals surface area contributed by atoms with Crippen molar-refractivity contribution in [2.24, 2.45) is 10.2 Å². The van der Waals surface area contributed by atoms with Crippen molar-refractivity contribution in [2.45, 2.75) is 13.8 Å². The van der Waals surface area contributed by atoms with E-state index in [4.69, 9.17) is 0 Å². The van der Waals surface area contributed by atoms with Crippen LogP contribution in [-0.2, 0) is 0 Å². The molecule has 0 aliphatic rings. The third-order valence-electron chi connectivity index (χ3n) is 4.12. The van der Waals surface area contributed by atoms with E-state index in [1.165, 1.54) is 5.69 Å². The van der Waals surface area contributed by atoms with Crippen LogP contribution in [-0.4, -0.2) is 30.9 Å². The molecule has 5 heteroatoms. The van der Waals surface area contributed by atoms with Crippen LogP contribution in [0.4, 0.5) is 17.1 Å². The summed E-state index contributed by atoms with van der Waals surface area (Å²) in [5.74, 6) is 0. The molecule has 0 saturated carbocycles. The number of aryl methyl sites for hydroxylation is 1. The van der Waals surface area contributed by atoms with Crippen LogP contribution < -0.4 is 4.48 Å². The Hall–Kier alpha value is -2.79. The summed E-state index contributed by atoms with van der Waals surface area (Å²) >= 11 is 0. The van der Waals surface area contributed by atoms with Gasteiger partial charge in [0.1, 0.15) is 11.4 Å². The zero-order chi connectivity index (χ0) is 18.0. The summed E-state index contributed by atoms with van der Waals surface area (Å²) in [6.45, 7) is 3.98. The zero-order valence-corrected chi connectivity index (χ0v) is 15.4. The molecule has 0 fully saturated rings. The summed E-state index contributed by atoms with van der Waals surface area (Å²) in [5, 5.41) is 13.5. The van der Waals surface area contributed by atoms with Gasteiger partial charge >= 0.3 is 0 Å². The molecular weight excluding hydrogens is 310 g/mol. The van der Waals surface area contributed by atoms with Crippen LogP contribution in [0.15, 0.2) is 64.8 Å². The molecule has 3 aromatic rings. The first-order chi connectivity index (χ1) is 11.9. The van der Waals surface area contributed by atoms with E-state index in [9.17, 15) is 0 Å². The molecule has 1 aromatic heterocycles. The molecule has 0 spiro atoms. The first kappa shape index (κ1) is 17.0. The van der Waals surface area contributed by atoms with Gasteiger partial charge in [0.25, 0.3) is 0 Å². The average molecular weight is 334 g/mol. The van der Waals surface area contributed by atoms with Crippen molar-refractivity contribution in [2.75, 3.05) is 21.1 Å². The SMILES string of the molecule is Cc1nn(-c2ccccc2)c(C)c1N=Nc1cccc([N+](C)(C)C)c1. The van der Waals surface area contributed by atoms with E-state index in [0.717, 1.165) is 32.9 Å². The molecule has 3 rings (SSSR count). The maximum atomic E-state index is 4.61. The molecule has 0 N–H and O–H groups in total. The lowest BCUT2D eigenvalue weighted by Gasteiger charge is -2.23. The fourth-order valence-corrected chi connectivity index (χ4v) is 2.68. The van der Waals surface area contributed by atoms with Gasteiger partial charge < -0.3 is 0 Å². The first-order valence-corrected chi connectivity index (χ1v) is 8.32. The van der Waals surface area contributed by atoms with E-state index in [1.54, 1.807) is 0 Å². The molecule has 0 amide bonds.